The van der Waals surface area contributed by atoms with Crippen LogP contribution in [-0.4, -0.2) is 57.2 Å². The molecule has 3 rings (SSSR count). The van der Waals surface area contributed by atoms with Crippen molar-refractivity contribution in [1.29, 1.82) is 0 Å². The number of fused-ring (bicyclic) bond motifs is 1. The Morgan fingerprint density at radius 2 is 1.97 bits per heavy atom. The van der Waals surface area contributed by atoms with E-state index in [1.54, 1.807) is 37.0 Å². The lowest BCUT2D eigenvalue weighted by atomic mass is 10.1. The molecule has 2 aromatic rings. The van der Waals surface area contributed by atoms with Gasteiger partial charge in [-0.25, -0.2) is 0 Å². The Morgan fingerprint density at radius 3 is 2.68 bits per heavy atom. The van der Waals surface area contributed by atoms with Gasteiger partial charge in [0.15, 0.2) is 0 Å². The molecule has 0 saturated heterocycles. The first-order valence-corrected chi connectivity index (χ1v) is 13.8. The number of anilines is 1. The van der Waals surface area contributed by atoms with E-state index in [0.29, 0.717) is 30.0 Å². The van der Waals surface area contributed by atoms with Crippen molar-refractivity contribution in [2.24, 2.45) is 4.99 Å². The number of amides is 2. The van der Waals surface area contributed by atoms with Gasteiger partial charge in [-0.05, 0) is 81.9 Å². The summed E-state index contributed by atoms with van der Waals surface area (Å²) in [5, 5.41) is 5.84. The van der Waals surface area contributed by atoms with Gasteiger partial charge in [-0.15, -0.1) is 11.8 Å². The Morgan fingerprint density at radius 1 is 1.22 bits per heavy atom. The number of rotatable bonds is 12. The van der Waals surface area contributed by atoms with Crippen LogP contribution in [0.15, 0.2) is 73.9 Å². The summed E-state index contributed by atoms with van der Waals surface area (Å²) in [7, 11) is 4.10. The highest BCUT2D eigenvalue weighted by Gasteiger charge is 2.19. The largest absolute Gasteiger partial charge is 0.494 e. The van der Waals surface area contributed by atoms with Crippen LogP contribution in [0.25, 0.3) is 0 Å². The number of ether oxygens (including phenoxy) is 1. The summed E-state index contributed by atoms with van der Waals surface area (Å²) >= 11 is 3.12. The first-order valence-electron chi connectivity index (χ1n) is 12.0. The number of thioether (sulfide) groups is 2. The molecule has 196 valence electrons. The average Bonchev–Trinajstić information content (AvgIpc) is 2.99. The Labute approximate surface area is 227 Å². The molecule has 0 spiro atoms. The SMILES string of the molecule is C=N/C=C(/CNC(=O)c1ccc2c(c1)NC(=O)C(C)=C(C)S2)SCc1ccc(OCCCN(C)C)cc1. The van der Waals surface area contributed by atoms with Crippen molar-refractivity contribution in [3.63, 3.8) is 0 Å². The third-order valence-corrected chi connectivity index (χ3v) is 7.93. The molecular formula is C28H34N4O3S2. The standard InChI is InChI=1S/C28H34N4O3S2/c1-19-20(2)37-26-12-9-22(15-25(26)31-27(19)33)28(34)30-17-24(16-29-3)36-18-21-7-10-23(11-8-21)35-14-6-13-32(4)5/h7-12,15-16H,3,6,13-14,17-18H2,1-2,4-5H3,(H,30,34)(H,31,33)/b24-16-. The van der Waals surface area contributed by atoms with Crippen molar-refractivity contribution >= 4 is 47.7 Å². The molecule has 1 aliphatic heterocycles. The molecule has 37 heavy (non-hydrogen) atoms. The second-order valence-electron chi connectivity index (χ2n) is 8.85. The van der Waals surface area contributed by atoms with E-state index in [9.17, 15) is 9.59 Å². The van der Waals surface area contributed by atoms with E-state index >= 15 is 0 Å². The molecule has 0 unspecified atom stereocenters. The van der Waals surface area contributed by atoms with Crippen LogP contribution in [0.4, 0.5) is 5.69 Å². The maximum Gasteiger partial charge on any atom is 0.252 e. The van der Waals surface area contributed by atoms with Gasteiger partial charge < -0.3 is 20.3 Å². The highest BCUT2D eigenvalue weighted by atomic mass is 32.2. The molecule has 0 aromatic heterocycles. The molecule has 0 fully saturated rings. The fourth-order valence-corrected chi connectivity index (χ4v) is 5.21. The number of carbonyl (C=O) groups is 2. The summed E-state index contributed by atoms with van der Waals surface area (Å²) in [5.74, 6) is 1.22. The molecule has 2 aromatic carbocycles. The Bertz CT molecular complexity index is 1190. The molecule has 0 atom stereocenters. The topological polar surface area (TPSA) is 83.0 Å². The molecule has 0 radical (unpaired) electrons. The van der Waals surface area contributed by atoms with Crippen LogP contribution in [0.3, 0.4) is 0 Å². The number of nitrogens with zero attached hydrogens (tertiary/aromatic N) is 2. The van der Waals surface area contributed by atoms with Gasteiger partial charge in [-0.2, -0.15) is 0 Å². The van der Waals surface area contributed by atoms with Crippen molar-refractivity contribution in [3.8, 4) is 5.75 Å². The fraction of sp³-hybridized carbons (Fsp3) is 0.321. The molecular weight excluding hydrogens is 504 g/mol. The molecule has 1 aliphatic rings. The summed E-state index contributed by atoms with van der Waals surface area (Å²) in [6.45, 7) is 9.29. The number of hydrogen-bond donors (Lipinski definition) is 2. The Kier molecular flexibility index (Phi) is 10.9. The van der Waals surface area contributed by atoms with Gasteiger partial charge in [0.25, 0.3) is 11.8 Å². The number of aliphatic imine (C=N–C) groups is 1. The van der Waals surface area contributed by atoms with Crippen LogP contribution >= 0.6 is 23.5 Å². The molecule has 2 N–H and O–H groups in total. The van der Waals surface area contributed by atoms with E-state index < -0.39 is 0 Å². The highest BCUT2D eigenvalue weighted by Crippen LogP contribution is 2.37. The summed E-state index contributed by atoms with van der Waals surface area (Å²) in [6, 6.07) is 13.4. The van der Waals surface area contributed by atoms with Crippen molar-refractivity contribution < 1.29 is 14.3 Å². The van der Waals surface area contributed by atoms with Crippen LogP contribution in [0, 0.1) is 0 Å². The number of allylic oxidation sites excluding steroid dienone is 1. The molecule has 0 aliphatic carbocycles. The van der Waals surface area contributed by atoms with E-state index in [-0.39, 0.29) is 11.8 Å². The predicted molar refractivity (Wildman–Crippen MR) is 156 cm³/mol. The number of carbonyl (C=O) groups excluding carboxylic acids is 2. The minimum Gasteiger partial charge on any atom is -0.494 e. The number of nitrogens with one attached hydrogen (secondary N) is 2. The lowest BCUT2D eigenvalue weighted by Crippen LogP contribution is -2.25. The van der Waals surface area contributed by atoms with Gasteiger partial charge in [0.1, 0.15) is 5.75 Å². The summed E-state index contributed by atoms with van der Waals surface area (Å²) < 4.78 is 5.80. The lowest BCUT2D eigenvalue weighted by molar-refractivity contribution is -0.112. The highest BCUT2D eigenvalue weighted by molar-refractivity contribution is 8.03. The van der Waals surface area contributed by atoms with Gasteiger partial charge in [0, 0.05) is 39.4 Å². The third-order valence-electron chi connectivity index (χ3n) is 5.65. The van der Waals surface area contributed by atoms with Crippen LogP contribution in [0.5, 0.6) is 5.75 Å². The number of hydrogen-bond acceptors (Lipinski definition) is 7. The van der Waals surface area contributed by atoms with Crippen molar-refractivity contribution in [3.05, 3.63) is 75.2 Å². The average molecular weight is 539 g/mol. The summed E-state index contributed by atoms with van der Waals surface area (Å²) in [6.07, 6.45) is 2.65. The minimum atomic E-state index is -0.223. The van der Waals surface area contributed by atoms with E-state index in [1.807, 2.05) is 37.3 Å². The van der Waals surface area contributed by atoms with Gasteiger partial charge in [0.2, 0.25) is 0 Å². The van der Waals surface area contributed by atoms with Crippen LogP contribution in [0.2, 0.25) is 0 Å². The lowest BCUT2D eigenvalue weighted by Gasteiger charge is -2.12. The molecule has 7 nitrogen and oxygen atoms in total. The van der Waals surface area contributed by atoms with Gasteiger partial charge in [-0.3, -0.25) is 14.6 Å². The second-order valence-corrected chi connectivity index (χ2v) is 11.2. The second kappa shape index (κ2) is 14.1. The van der Waals surface area contributed by atoms with Crippen molar-refractivity contribution in [2.45, 2.75) is 30.9 Å². The zero-order valence-electron chi connectivity index (χ0n) is 21.8. The number of benzene rings is 2. The van der Waals surface area contributed by atoms with Gasteiger partial charge >= 0.3 is 0 Å². The maximum absolute atomic E-state index is 12.9. The van der Waals surface area contributed by atoms with Crippen LogP contribution < -0.4 is 15.4 Å². The van der Waals surface area contributed by atoms with Gasteiger partial charge in [0.05, 0.1) is 18.8 Å². The van der Waals surface area contributed by atoms with Crippen molar-refractivity contribution in [1.82, 2.24) is 10.2 Å². The smallest absolute Gasteiger partial charge is 0.252 e. The maximum atomic E-state index is 12.9. The zero-order chi connectivity index (χ0) is 26.8. The fourth-order valence-electron chi connectivity index (χ4n) is 3.41. The van der Waals surface area contributed by atoms with E-state index in [1.165, 1.54) is 11.8 Å². The first kappa shape index (κ1) is 28.6. The normalized spacial score (nSPS) is 13.6. The molecule has 1 heterocycles. The minimum absolute atomic E-state index is 0.149. The molecule has 0 bridgehead atoms. The van der Waals surface area contributed by atoms with Gasteiger partial charge in [-0.1, -0.05) is 23.9 Å². The third kappa shape index (κ3) is 8.80. The quantitative estimate of drug-likeness (QED) is 0.272. The van der Waals surface area contributed by atoms with E-state index in [4.69, 9.17) is 4.74 Å². The monoisotopic (exact) mass is 538 g/mol. The Balaban J connectivity index is 1.52. The molecule has 9 heteroatoms. The molecule has 2 amide bonds. The summed E-state index contributed by atoms with van der Waals surface area (Å²) in [4.78, 5) is 34.0. The Hall–Kier alpha value is -3.01. The first-order chi connectivity index (χ1) is 17.8. The summed E-state index contributed by atoms with van der Waals surface area (Å²) in [5.41, 5.74) is 2.94. The van der Waals surface area contributed by atoms with E-state index in [0.717, 1.165) is 44.7 Å². The van der Waals surface area contributed by atoms with Crippen LogP contribution in [-0.2, 0) is 10.5 Å². The predicted octanol–water partition coefficient (Wildman–Crippen LogP) is 5.56. The van der Waals surface area contributed by atoms with Crippen molar-refractivity contribution in [2.75, 3.05) is 39.1 Å². The van der Waals surface area contributed by atoms with Crippen LogP contribution in [0.1, 0.15) is 36.2 Å². The zero-order valence-corrected chi connectivity index (χ0v) is 23.4. The van der Waals surface area contributed by atoms with E-state index in [2.05, 4.69) is 41.3 Å². The molecule has 0 saturated carbocycles.